The third-order valence-electron chi connectivity index (χ3n) is 0.963. The molecule has 0 heterocycles. The molecular formula is C6H2ClI3. The predicted molar refractivity (Wildman–Crippen MR) is 69.6 cm³/mol. The maximum absolute atomic E-state index is 5.87. The van der Waals surface area contributed by atoms with Crippen LogP contribution >= 0.6 is 79.4 Å². The molecule has 0 fully saturated rings. The molecule has 0 unspecified atom stereocenters. The van der Waals surface area contributed by atoms with E-state index in [1.54, 1.807) is 0 Å². The van der Waals surface area contributed by atoms with Crippen LogP contribution in [0.4, 0.5) is 0 Å². The zero-order valence-electron chi connectivity index (χ0n) is 4.67. The quantitative estimate of drug-likeness (QED) is 0.379. The highest BCUT2D eigenvalue weighted by Crippen LogP contribution is 2.24. The van der Waals surface area contributed by atoms with Crippen molar-refractivity contribution in [3.63, 3.8) is 0 Å². The van der Waals surface area contributed by atoms with Crippen LogP contribution in [0.25, 0.3) is 0 Å². The van der Waals surface area contributed by atoms with Crippen LogP contribution in [0.1, 0.15) is 0 Å². The van der Waals surface area contributed by atoms with Gasteiger partial charge in [-0.2, -0.15) is 0 Å². The number of halogens is 4. The Morgan fingerprint density at radius 2 is 1.40 bits per heavy atom. The maximum atomic E-state index is 5.87. The fraction of sp³-hybridized carbons (Fsp3) is 0. The van der Waals surface area contributed by atoms with Crippen LogP contribution < -0.4 is 0 Å². The molecule has 0 N–H and O–H groups in total. The van der Waals surface area contributed by atoms with Gasteiger partial charge in [0.2, 0.25) is 0 Å². The van der Waals surface area contributed by atoms with E-state index in [1.807, 2.05) is 6.07 Å². The molecule has 0 spiro atoms. The van der Waals surface area contributed by atoms with Crippen molar-refractivity contribution in [2.75, 3.05) is 0 Å². The van der Waals surface area contributed by atoms with Crippen LogP contribution in [-0.2, 0) is 0 Å². The highest BCUT2D eigenvalue weighted by Gasteiger charge is 2.00. The second-order valence-electron chi connectivity index (χ2n) is 1.68. The summed E-state index contributed by atoms with van der Waals surface area (Å²) in [5.74, 6) is 0. The molecule has 1 rings (SSSR count). The largest absolute Gasteiger partial charge is 0.0831 e. The number of hydrogen-bond donors (Lipinski definition) is 0. The van der Waals surface area contributed by atoms with E-state index in [-0.39, 0.29) is 0 Å². The number of hydrogen-bond acceptors (Lipinski definition) is 0. The predicted octanol–water partition coefficient (Wildman–Crippen LogP) is 4.15. The van der Waals surface area contributed by atoms with Gasteiger partial charge in [0.05, 0.1) is 5.02 Å². The van der Waals surface area contributed by atoms with E-state index in [4.69, 9.17) is 11.6 Å². The molecule has 0 radical (unpaired) electrons. The Bertz CT molecular complexity index is 209. The van der Waals surface area contributed by atoms with Gasteiger partial charge in [0.15, 0.2) is 0 Å². The molecule has 1 aromatic rings. The molecule has 0 bridgehead atoms. The molecule has 0 amide bonds. The van der Waals surface area contributed by atoms with Crippen molar-refractivity contribution < 1.29 is 0 Å². The van der Waals surface area contributed by atoms with Crippen molar-refractivity contribution in [2.45, 2.75) is 0 Å². The SMILES string of the molecule is Clc1cc(I)c(I)cc1I. The molecule has 0 aliphatic rings. The van der Waals surface area contributed by atoms with Gasteiger partial charge in [-0.3, -0.25) is 0 Å². The van der Waals surface area contributed by atoms with E-state index >= 15 is 0 Å². The summed E-state index contributed by atoms with van der Waals surface area (Å²) >= 11 is 12.7. The molecule has 54 valence electrons. The van der Waals surface area contributed by atoms with Gasteiger partial charge in [0, 0.05) is 10.7 Å². The summed E-state index contributed by atoms with van der Waals surface area (Å²) in [6, 6.07) is 4.05. The smallest absolute Gasteiger partial charge is 0.0550 e. The van der Waals surface area contributed by atoms with Crippen LogP contribution in [0.5, 0.6) is 0 Å². The van der Waals surface area contributed by atoms with E-state index in [1.165, 1.54) is 7.14 Å². The average molecular weight is 490 g/mol. The highest BCUT2D eigenvalue weighted by molar-refractivity contribution is 14.1. The normalized spacial score (nSPS) is 10.0. The summed E-state index contributed by atoms with van der Waals surface area (Å²) in [6.07, 6.45) is 0. The number of benzene rings is 1. The van der Waals surface area contributed by atoms with Gasteiger partial charge in [-0.05, 0) is 79.9 Å². The fourth-order valence-corrected chi connectivity index (χ4v) is 2.84. The van der Waals surface area contributed by atoms with Gasteiger partial charge < -0.3 is 0 Å². The van der Waals surface area contributed by atoms with Crippen molar-refractivity contribution in [3.05, 3.63) is 27.9 Å². The van der Waals surface area contributed by atoms with Crippen molar-refractivity contribution in [3.8, 4) is 0 Å². The lowest BCUT2D eigenvalue weighted by molar-refractivity contribution is 1.54. The second kappa shape index (κ2) is 4.08. The molecule has 0 saturated carbocycles. The van der Waals surface area contributed by atoms with E-state index in [0.29, 0.717) is 0 Å². The number of rotatable bonds is 0. The van der Waals surface area contributed by atoms with Crippen LogP contribution in [0.3, 0.4) is 0 Å². The third-order valence-corrected chi connectivity index (χ3v) is 5.30. The Balaban J connectivity index is 3.28. The molecule has 4 heteroatoms. The lowest BCUT2D eigenvalue weighted by Crippen LogP contribution is -1.81. The molecule has 10 heavy (non-hydrogen) atoms. The molecule has 0 aliphatic carbocycles. The minimum absolute atomic E-state index is 0.838. The topological polar surface area (TPSA) is 0 Å². The van der Waals surface area contributed by atoms with Gasteiger partial charge in [0.1, 0.15) is 0 Å². The molecule has 0 nitrogen and oxygen atoms in total. The lowest BCUT2D eigenvalue weighted by Gasteiger charge is -1.98. The summed E-state index contributed by atoms with van der Waals surface area (Å²) in [6.45, 7) is 0. The van der Waals surface area contributed by atoms with Crippen LogP contribution in [0.15, 0.2) is 12.1 Å². The lowest BCUT2D eigenvalue weighted by atomic mass is 10.4. The van der Waals surface area contributed by atoms with Crippen LogP contribution in [0.2, 0.25) is 5.02 Å². The zero-order chi connectivity index (χ0) is 7.72. The van der Waals surface area contributed by atoms with E-state index in [9.17, 15) is 0 Å². The Morgan fingerprint density at radius 3 is 1.90 bits per heavy atom. The first-order valence-electron chi connectivity index (χ1n) is 2.41. The Labute approximate surface area is 106 Å². The fourth-order valence-electron chi connectivity index (χ4n) is 0.498. The average Bonchev–Trinajstić information content (AvgIpc) is 1.84. The minimum atomic E-state index is 0.838. The van der Waals surface area contributed by atoms with Gasteiger partial charge in [-0.25, -0.2) is 0 Å². The van der Waals surface area contributed by atoms with Crippen molar-refractivity contribution in [1.82, 2.24) is 0 Å². The standard InChI is InChI=1S/C6H2ClI3/c7-3-1-5(9)6(10)2-4(3)8/h1-2H. The van der Waals surface area contributed by atoms with E-state index in [0.717, 1.165) is 8.59 Å². The summed E-state index contributed by atoms with van der Waals surface area (Å²) < 4.78 is 3.58. The van der Waals surface area contributed by atoms with E-state index in [2.05, 4.69) is 73.8 Å². The second-order valence-corrected chi connectivity index (χ2v) is 5.57. The van der Waals surface area contributed by atoms with E-state index < -0.39 is 0 Å². The maximum Gasteiger partial charge on any atom is 0.0550 e. The summed E-state index contributed by atoms with van der Waals surface area (Å²) in [7, 11) is 0. The first kappa shape index (κ1) is 9.79. The first-order valence-corrected chi connectivity index (χ1v) is 6.02. The van der Waals surface area contributed by atoms with Crippen molar-refractivity contribution >= 4 is 79.4 Å². The summed E-state index contributed by atoms with van der Waals surface area (Å²) in [5, 5.41) is 0.838. The summed E-state index contributed by atoms with van der Waals surface area (Å²) in [4.78, 5) is 0. The van der Waals surface area contributed by atoms with Crippen molar-refractivity contribution in [2.24, 2.45) is 0 Å². The Kier molecular flexibility index (Phi) is 4.00. The van der Waals surface area contributed by atoms with Crippen molar-refractivity contribution in [1.29, 1.82) is 0 Å². The van der Waals surface area contributed by atoms with Gasteiger partial charge >= 0.3 is 0 Å². The highest BCUT2D eigenvalue weighted by atomic mass is 127. The van der Waals surface area contributed by atoms with Crippen LogP contribution in [-0.4, -0.2) is 0 Å². The Morgan fingerprint density at radius 1 is 0.900 bits per heavy atom. The summed E-state index contributed by atoms with van der Waals surface area (Å²) in [5.41, 5.74) is 0. The molecule has 0 aromatic heterocycles. The first-order chi connectivity index (χ1) is 4.61. The van der Waals surface area contributed by atoms with Gasteiger partial charge in [-0.15, -0.1) is 0 Å². The molecule has 1 aromatic carbocycles. The van der Waals surface area contributed by atoms with Gasteiger partial charge in [-0.1, -0.05) is 11.6 Å². The molecule has 0 atom stereocenters. The van der Waals surface area contributed by atoms with Gasteiger partial charge in [0.25, 0.3) is 0 Å². The van der Waals surface area contributed by atoms with Crippen LogP contribution in [0, 0.1) is 10.7 Å². The molecule has 0 saturated heterocycles. The Hall–Kier alpha value is 1.70. The molecule has 0 aliphatic heterocycles. The third kappa shape index (κ3) is 2.34. The minimum Gasteiger partial charge on any atom is -0.0831 e. The zero-order valence-corrected chi connectivity index (χ0v) is 11.9. The molecular weight excluding hydrogens is 488 g/mol. The monoisotopic (exact) mass is 490 g/mol.